The number of rotatable bonds is 4. The molecule has 0 spiro atoms. The molecule has 130 valence electrons. The summed E-state index contributed by atoms with van der Waals surface area (Å²) >= 11 is 0. The van der Waals surface area contributed by atoms with E-state index in [-0.39, 0.29) is 11.9 Å². The minimum absolute atomic E-state index is 0.0433. The lowest BCUT2D eigenvalue weighted by Crippen LogP contribution is -2.39. The van der Waals surface area contributed by atoms with Crippen LogP contribution in [0.5, 0.6) is 5.75 Å². The zero-order valence-electron chi connectivity index (χ0n) is 14.6. The summed E-state index contributed by atoms with van der Waals surface area (Å²) in [5.74, 6) is 0.964. The first-order valence-electron chi connectivity index (χ1n) is 9.01. The lowest BCUT2D eigenvalue weighted by molar-refractivity contribution is -0.123. The first kappa shape index (κ1) is 16.2. The Labute approximate surface area is 148 Å². The van der Waals surface area contributed by atoms with Crippen LogP contribution < -0.4 is 10.1 Å². The van der Waals surface area contributed by atoms with Gasteiger partial charge in [0.2, 0.25) is 5.91 Å². The predicted molar refractivity (Wildman–Crippen MR) is 97.6 cm³/mol. The molecule has 0 fully saturated rings. The smallest absolute Gasteiger partial charge is 0.234 e. The second-order valence-electron chi connectivity index (χ2n) is 6.96. The van der Waals surface area contributed by atoms with Crippen molar-refractivity contribution < 1.29 is 9.53 Å². The number of carbonyl (C=O) groups is 1. The Morgan fingerprint density at radius 1 is 1.12 bits per heavy atom. The van der Waals surface area contributed by atoms with Crippen molar-refractivity contribution in [1.82, 2.24) is 10.2 Å². The number of hydrogen-bond acceptors (Lipinski definition) is 3. The predicted octanol–water partition coefficient (Wildman–Crippen LogP) is 3.25. The highest BCUT2D eigenvalue weighted by molar-refractivity contribution is 5.78. The average Bonchev–Trinajstić information content (AvgIpc) is 3.06. The van der Waals surface area contributed by atoms with Gasteiger partial charge in [-0.1, -0.05) is 42.5 Å². The SMILES string of the molecule is CN(CC(=O)NC1CCOc2ccccc21)C1CCc2ccccc21. The quantitative estimate of drug-likeness (QED) is 0.932. The van der Waals surface area contributed by atoms with Gasteiger partial charge in [0.25, 0.3) is 0 Å². The van der Waals surface area contributed by atoms with E-state index in [2.05, 4.69) is 34.5 Å². The molecule has 2 atom stereocenters. The maximum Gasteiger partial charge on any atom is 0.234 e. The minimum Gasteiger partial charge on any atom is -0.493 e. The highest BCUT2D eigenvalue weighted by atomic mass is 16.5. The van der Waals surface area contributed by atoms with Crippen LogP contribution in [0.15, 0.2) is 48.5 Å². The number of amides is 1. The Hall–Kier alpha value is -2.33. The molecule has 4 nitrogen and oxygen atoms in total. The Morgan fingerprint density at radius 2 is 1.88 bits per heavy atom. The van der Waals surface area contributed by atoms with Gasteiger partial charge in [-0.3, -0.25) is 9.69 Å². The maximum absolute atomic E-state index is 12.6. The van der Waals surface area contributed by atoms with Crippen molar-refractivity contribution in [3.05, 3.63) is 65.2 Å². The lowest BCUT2D eigenvalue weighted by Gasteiger charge is -2.29. The van der Waals surface area contributed by atoms with Gasteiger partial charge >= 0.3 is 0 Å². The zero-order chi connectivity index (χ0) is 17.2. The van der Waals surface area contributed by atoms with Gasteiger partial charge in [0.15, 0.2) is 0 Å². The first-order valence-corrected chi connectivity index (χ1v) is 9.01. The fourth-order valence-corrected chi connectivity index (χ4v) is 4.06. The van der Waals surface area contributed by atoms with Gasteiger partial charge in [-0.15, -0.1) is 0 Å². The third kappa shape index (κ3) is 3.27. The summed E-state index contributed by atoms with van der Waals surface area (Å²) in [6.07, 6.45) is 3.00. The molecule has 0 aromatic heterocycles. The standard InChI is InChI=1S/C21H24N2O2/c1-23(19-11-10-15-6-2-3-7-16(15)19)14-21(24)22-18-12-13-25-20-9-5-4-8-17(18)20/h2-9,18-19H,10-14H2,1H3,(H,22,24). The topological polar surface area (TPSA) is 41.6 Å². The fraction of sp³-hybridized carbons (Fsp3) is 0.381. The normalized spacial score (nSPS) is 21.4. The third-order valence-corrected chi connectivity index (χ3v) is 5.32. The molecular formula is C21H24N2O2. The summed E-state index contributed by atoms with van der Waals surface area (Å²) in [5, 5.41) is 3.19. The Morgan fingerprint density at radius 3 is 2.76 bits per heavy atom. The zero-order valence-corrected chi connectivity index (χ0v) is 14.6. The molecule has 1 aliphatic carbocycles. The summed E-state index contributed by atoms with van der Waals surface area (Å²) in [7, 11) is 2.05. The average molecular weight is 336 g/mol. The van der Waals surface area contributed by atoms with Crippen molar-refractivity contribution in [2.45, 2.75) is 31.3 Å². The molecule has 2 aromatic carbocycles. The third-order valence-electron chi connectivity index (χ3n) is 5.32. The minimum atomic E-state index is 0.0433. The van der Waals surface area contributed by atoms with Gasteiger partial charge < -0.3 is 10.1 Å². The van der Waals surface area contributed by atoms with E-state index in [9.17, 15) is 4.79 Å². The molecule has 1 aliphatic heterocycles. The van der Waals surface area contributed by atoms with Gasteiger partial charge in [-0.2, -0.15) is 0 Å². The van der Waals surface area contributed by atoms with Crippen molar-refractivity contribution in [2.24, 2.45) is 0 Å². The van der Waals surface area contributed by atoms with Gasteiger partial charge in [0.05, 0.1) is 19.2 Å². The van der Waals surface area contributed by atoms with Crippen LogP contribution in [0.3, 0.4) is 0 Å². The van der Waals surface area contributed by atoms with Crippen LogP contribution in [0.25, 0.3) is 0 Å². The number of benzene rings is 2. The monoisotopic (exact) mass is 336 g/mol. The molecule has 4 heteroatoms. The van der Waals surface area contributed by atoms with E-state index in [0.29, 0.717) is 19.2 Å². The summed E-state index contributed by atoms with van der Waals surface area (Å²) in [6, 6.07) is 16.9. The van der Waals surface area contributed by atoms with Crippen LogP contribution in [-0.4, -0.2) is 31.0 Å². The van der Waals surface area contributed by atoms with Crippen LogP contribution in [-0.2, 0) is 11.2 Å². The Kier molecular flexibility index (Phi) is 4.45. The van der Waals surface area contributed by atoms with E-state index in [1.807, 2.05) is 31.3 Å². The van der Waals surface area contributed by atoms with Gasteiger partial charge in [0, 0.05) is 18.0 Å². The van der Waals surface area contributed by atoms with Crippen LogP contribution in [0, 0.1) is 0 Å². The summed E-state index contributed by atoms with van der Waals surface area (Å²) in [6.45, 7) is 1.06. The number of nitrogens with zero attached hydrogens (tertiary/aromatic N) is 1. The van der Waals surface area contributed by atoms with E-state index in [1.54, 1.807) is 0 Å². The maximum atomic E-state index is 12.6. The number of likely N-dealkylation sites (N-methyl/N-ethyl adjacent to an activating group) is 1. The van der Waals surface area contributed by atoms with Crippen molar-refractivity contribution in [3.8, 4) is 5.75 Å². The molecule has 0 radical (unpaired) electrons. The van der Waals surface area contributed by atoms with E-state index < -0.39 is 0 Å². The number of nitrogens with one attached hydrogen (secondary N) is 1. The molecule has 2 unspecified atom stereocenters. The number of carbonyl (C=O) groups excluding carboxylic acids is 1. The molecule has 2 aliphatic rings. The van der Waals surface area contributed by atoms with E-state index in [1.165, 1.54) is 11.1 Å². The number of para-hydroxylation sites is 1. The van der Waals surface area contributed by atoms with Gasteiger partial charge in [0.1, 0.15) is 5.75 Å². The molecule has 0 bridgehead atoms. The van der Waals surface area contributed by atoms with E-state index in [0.717, 1.165) is 30.6 Å². The molecule has 1 amide bonds. The van der Waals surface area contributed by atoms with Crippen LogP contribution in [0.4, 0.5) is 0 Å². The van der Waals surface area contributed by atoms with E-state index >= 15 is 0 Å². The van der Waals surface area contributed by atoms with Crippen LogP contribution >= 0.6 is 0 Å². The molecule has 2 aromatic rings. The highest BCUT2D eigenvalue weighted by Crippen LogP contribution is 2.35. The van der Waals surface area contributed by atoms with Crippen molar-refractivity contribution in [3.63, 3.8) is 0 Å². The lowest BCUT2D eigenvalue weighted by atomic mass is 10.0. The number of hydrogen-bond donors (Lipinski definition) is 1. The molecule has 4 rings (SSSR count). The molecule has 25 heavy (non-hydrogen) atoms. The van der Waals surface area contributed by atoms with Gasteiger partial charge in [-0.05, 0) is 37.1 Å². The molecule has 1 heterocycles. The molecule has 0 saturated carbocycles. The van der Waals surface area contributed by atoms with Crippen LogP contribution in [0.2, 0.25) is 0 Å². The van der Waals surface area contributed by atoms with Crippen molar-refractivity contribution in [2.75, 3.05) is 20.2 Å². The fourth-order valence-electron chi connectivity index (χ4n) is 4.06. The van der Waals surface area contributed by atoms with E-state index in [4.69, 9.17) is 4.74 Å². The van der Waals surface area contributed by atoms with Crippen LogP contribution in [0.1, 0.15) is 41.6 Å². The van der Waals surface area contributed by atoms with Gasteiger partial charge in [-0.25, -0.2) is 0 Å². The second-order valence-corrected chi connectivity index (χ2v) is 6.96. The summed E-state index contributed by atoms with van der Waals surface area (Å²) in [4.78, 5) is 14.8. The Balaban J connectivity index is 1.40. The number of aryl methyl sites for hydroxylation is 1. The number of ether oxygens (including phenoxy) is 1. The largest absolute Gasteiger partial charge is 0.493 e. The molecule has 1 N–H and O–H groups in total. The highest BCUT2D eigenvalue weighted by Gasteiger charge is 2.28. The Bertz CT molecular complexity index is 774. The summed E-state index contributed by atoms with van der Waals surface area (Å²) in [5.41, 5.74) is 3.86. The second kappa shape index (κ2) is 6.89. The first-order chi connectivity index (χ1) is 12.2. The summed E-state index contributed by atoms with van der Waals surface area (Å²) < 4.78 is 5.67. The molecule has 0 saturated heterocycles. The van der Waals surface area contributed by atoms with Crippen molar-refractivity contribution >= 4 is 5.91 Å². The molecular weight excluding hydrogens is 312 g/mol. The van der Waals surface area contributed by atoms with Crippen molar-refractivity contribution in [1.29, 1.82) is 0 Å². The number of fused-ring (bicyclic) bond motifs is 2.